The molecule has 2 aromatic rings. The van der Waals surface area contributed by atoms with E-state index in [9.17, 15) is 20.0 Å². The number of nitrogens with one attached hydrogen (secondary N) is 2. The van der Waals surface area contributed by atoms with Gasteiger partial charge in [0, 0.05) is 22.3 Å². The van der Waals surface area contributed by atoms with Gasteiger partial charge in [-0.3, -0.25) is 10.1 Å². The molecule has 0 fully saturated rings. The number of carbonyl (C=O) groups is 1. The minimum Gasteiger partial charge on any atom is -0.502 e. The van der Waals surface area contributed by atoms with Crippen LogP contribution in [0.2, 0.25) is 5.02 Å². The highest BCUT2D eigenvalue weighted by Gasteiger charge is 2.12. The number of phenolic OH excluding ortho intramolecular Hbond substituents is 1. The number of amides is 2. The van der Waals surface area contributed by atoms with Crippen LogP contribution in [0.3, 0.4) is 0 Å². The summed E-state index contributed by atoms with van der Waals surface area (Å²) in [5.41, 5.74) is 2.60. The van der Waals surface area contributed by atoms with Crippen LogP contribution in [0.25, 0.3) is 0 Å². The highest BCUT2D eigenvalue weighted by atomic mass is 35.5. The Bertz CT molecular complexity index is 779. The first kappa shape index (κ1) is 16.2. The molecule has 2 amide bonds. The third-order valence-corrected chi connectivity index (χ3v) is 2.89. The number of phenols is 1. The van der Waals surface area contributed by atoms with E-state index in [1.807, 2.05) is 0 Å². The second-order valence-electron chi connectivity index (χ2n) is 4.34. The predicted molar refractivity (Wildman–Crippen MR) is 86.0 cm³/mol. The van der Waals surface area contributed by atoms with Crippen LogP contribution in [0.5, 0.6) is 5.75 Å². The van der Waals surface area contributed by atoms with Gasteiger partial charge < -0.3 is 10.4 Å². The summed E-state index contributed by atoms with van der Waals surface area (Å²) in [5, 5.41) is 26.7. The Morgan fingerprint density at radius 1 is 1.30 bits per heavy atom. The average Bonchev–Trinajstić information content (AvgIpc) is 2.48. The van der Waals surface area contributed by atoms with Gasteiger partial charge in [-0.2, -0.15) is 5.10 Å². The van der Waals surface area contributed by atoms with E-state index in [0.29, 0.717) is 16.3 Å². The number of rotatable bonds is 4. The summed E-state index contributed by atoms with van der Waals surface area (Å²) in [5.74, 6) is -0.446. The van der Waals surface area contributed by atoms with Crippen molar-refractivity contribution in [2.45, 2.75) is 0 Å². The Labute approximate surface area is 135 Å². The number of hydrogen-bond acceptors (Lipinski definition) is 5. The minimum atomic E-state index is -0.716. The van der Waals surface area contributed by atoms with Crippen LogP contribution in [0.1, 0.15) is 5.56 Å². The van der Waals surface area contributed by atoms with E-state index >= 15 is 0 Å². The molecule has 3 N–H and O–H groups in total. The van der Waals surface area contributed by atoms with Crippen LogP contribution in [0.4, 0.5) is 16.2 Å². The highest BCUT2D eigenvalue weighted by molar-refractivity contribution is 6.30. The zero-order valence-electron chi connectivity index (χ0n) is 11.6. The number of nitro benzene ring substituents is 1. The molecular weight excluding hydrogens is 324 g/mol. The van der Waals surface area contributed by atoms with Crippen LogP contribution in [0.15, 0.2) is 47.6 Å². The Hall–Kier alpha value is -3.13. The monoisotopic (exact) mass is 334 g/mol. The Morgan fingerprint density at radius 2 is 2.09 bits per heavy atom. The maximum atomic E-state index is 11.6. The van der Waals surface area contributed by atoms with Crippen LogP contribution >= 0.6 is 11.6 Å². The molecule has 9 heteroatoms. The van der Waals surface area contributed by atoms with Crippen molar-refractivity contribution >= 4 is 35.2 Å². The molecule has 0 unspecified atom stereocenters. The van der Waals surface area contributed by atoms with E-state index in [0.717, 1.165) is 6.07 Å². The Kier molecular flexibility index (Phi) is 5.11. The van der Waals surface area contributed by atoms with Crippen molar-refractivity contribution in [2.24, 2.45) is 5.10 Å². The van der Waals surface area contributed by atoms with E-state index in [4.69, 9.17) is 11.6 Å². The van der Waals surface area contributed by atoms with Crippen LogP contribution in [-0.4, -0.2) is 22.3 Å². The molecule has 0 radical (unpaired) electrons. The average molecular weight is 335 g/mol. The van der Waals surface area contributed by atoms with Crippen molar-refractivity contribution in [1.82, 2.24) is 5.43 Å². The molecule has 0 spiro atoms. The Morgan fingerprint density at radius 3 is 2.78 bits per heavy atom. The fraction of sp³-hybridized carbons (Fsp3) is 0. The molecule has 0 aliphatic heterocycles. The second kappa shape index (κ2) is 7.23. The number of nitrogens with zero attached hydrogens (tertiary/aromatic N) is 2. The molecule has 8 nitrogen and oxygen atoms in total. The standard InChI is InChI=1S/C14H11ClN4O4/c15-10-2-1-3-11(7-10)17-14(21)18-16-8-9-4-5-13(20)12(6-9)19(22)23/h1-8,20H,(H2,17,18,21)/b16-8+. The first-order valence-electron chi connectivity index (χ1n) is 6.29. The van der Waals surface area contributed by atoms with Gasteiger partial charge in [0.2, 0.25) is 0 Å². The number of hydrazone groups is 1. The molecule has 0 atom stereocenters. The lowest BCUT2D eigenvalue weighted by molar-refractivity contribution is -0.385. The predicted octanol–water partition coefficient (Wildman–Crippen LogP) is 3.11. The summed E-state index contributed by atoms with van der Waals surface area (Å²) in [6, 6.07) is 9.68. The van der Waals surface area contributed by atoms with E-state index in [1.165, 1.54) is 18.3 Å². The summed E-state index contributed by atoms with van der Waals surface area (Å²) in [6.07, 6.45) is 1.21. The number of aromatic hydroxyl groups is 1. The van der Waals surface area contributed by atoms with Crippen LogP contribution in [-0.2, 0) is 0 Å². The van der Waals surface area contributed by atoms with Crippen molar-refractivity contribution in [3.8, 4) is 5.75 Å². The molecule has 118 valence electrons. The van der Waals surface area contributed by atoms with Gasteiger partial charge in [-0.1, -0.05) is 17.7 Å². The summed E-state index contributed by atoms with van der Waals surface area (Å²) in [7, 11) is 0. The number of nitro groups is 1. The molecule has 2 rings (SSSR count). The summed E-state index contributed by atoms with van der Waals surface area (Å²) in [6.45, 7) is 0. The lowest BCUT2D eigenvalue weighted by Crippen LogP contribution is -2.24. The Balaban J connectivity index is 1.97. The lowest BCUT2D eigenvalue weighted by atomic mass is 10.2. The number of benzene rings is 2. The third-order valence-electron chi connectivity index (χ3n) is 2.66. The summed E-state index contributed by atoms with van der Waals surface area (Å²) >= 11 is 5.79. The number of urea groups is 1. The minimum absolute atomic E-state index is 0.345. The maximum absolute atomic E-state index is 11.6. The van der Waals surface area contributed by atoms with Crippen molar-refractivity contribution in [1.29, 1.82) is 0 Å². The van der Waals surface area contributed by atoms with E-state index < -0.39 is 22.4 Å². The van der Waals surface area contributed by atoms with Gasteiger partial charge in [0.05, 0.1) is 11.1 Å². The fourth-order valence-electron chi connectivity index (χ4n) is 1.66. The number of anilines is 1. The van der Waals surface area contributed by atoms with Gasteiger partial charge >= 0.3 is 11.7 Å². The summed E-state index contributed by atoms with van der Waals surface area (Å²) < 4.78 is 0. The lowest BCUT2D eigenvalue weighted by Gasteiger charge is -2.04. The van der Waals surface area contributed by atoms with Crippen LogP contribution in [0, 0.1) is 10.1 Å². The van der Waals surface area contributed by atoms with E-state index in [1.54, 1.807) is 24.3 Å². The van der Waals surface area contributed by atoms with Gasteiger partial charge in [0.1, 0.15) is 0 Å². The third kappa shape index (κ3) is 4.68. The van der Waals surface area contributed by atoms with Crippen molar-refractivity contribution in [3.63, 3.8) is 0 Å². The molecule has 2 aromatic carbocycles. The molecule has 0 aromatic heterocycles. The number of hydrogen-bond donors (Lipinski definition) is 3. The molecule has 0 aliphatic rings. The molecule has 0 saturated heterocycles. The SMILES string of the molecule is O=C(N/N=C/c1ccc(O)c([N+](=O)[O-])c1)Nc1cccc(Cl)c1. The van der Waals surface area contributed by atoms with Gasteiger partial charge in [-0.15, -0.1) is 0 Å². The molecular formula is C14H11ClN4O4. The van der Waals surface area contributed by atoms with E-state index in [-0.39, 0.29) is 0 Å². The topological polar surface area (TPSA) is 117 Å². The zero-order chi connectivity index (χ0) is 16.8. The van der Waals surface area contributed by atoms with Crippen molar-refractivity contribution in [2.75, 3.05) is 5.32 Å². The molecule has 0 aliphatic carbocycles. The van der Waals surface area contributed by atoms with Gasteiger partial charge in [-0.25, -0.2) is 10.2 Å². The van der Waals surface area contributed by atoms with E-state index in [2.05, 4.69) is 15.8 Å². The highest BCUT2D eigenvalue weighted by Crippen LogP contribution is 2.25. The largest absolute Gasteiger partial charge is 0.502 e. The number of carbonyl (C=O) groups excluding carboxylic acids is 1. The van der Waals surface area contributed by atoms with Crippen LogP contribution < -0.4 is 10.7 Å². The first-order valence-corrected chi connectivity index (χ1v) is 6.66. The van der Waals surface area contributed by atoms with Crippen molar-refractivity contribution < 1.29 is 14.8 Å². The molecule has 0 heterocycles. The van der Waals surface area contributed by atoms with Crippen molar-refractivity contribution in [3.05, 3.63) is 63.2 Å². The normalized spacial score (nSPS) is 10.5. The first-order chi connectivity index (χ1) is 11.0. The fourth-order valence-corrected chi connectivity index (χ4v) is 1.85. The maximum Gasteiger partial charge on any atom is 0.339 e. The molecule has 23 heavy (non-hydrogen) atoms. The van der Waals surface area contributed by atoms with Gasteiger partial charge in [-0.05, 0) is 30.3 Å². The van der Waals surface area contributed by atoms with Gasteiger partial charge in [0.15, 0.2) is 5.75 Å². The molecule has 0 saturated carbocycles. The zero-order valence-corrected chi connectivity index (χ0v) is 12.3. The molecule has 0 bridgehead atoms. The summed E-state index contributed by atoms with van der Waals surface area (Å²) in [4.78, 5) is 21.6. The second-order valence-corrected chi connectivity index (χ2v) is 4.78. The number of halogens is 1. The van der Waals surface area contributed by atoms with Gasteiger partial charge in [0.25, 0.3) is 0 Å². The quantitative estimate of drug-likeness (QED) is 0.452. The smallest absolute Gasteiger partial charge is 0.339 e.